The van der Waals surface area contributed by atoms with Crippen molar-refractivity contribution in [1.29, 1.82) is 0 Å². The second-order valence-corrected chi connectivity index (χ2v) is 5.05. The van der Waals surface area contributed by atoms with E-state index in [0.717, 1.165) is 5.92 Å². The van der Waals surface area contributed by atoms with E-state index in [1.54, 1.807) is 0 Å². The van der Waals surface area contributed by atoms with Crippen molar-refractivity contribution in [2.45, 2.75) is 46.2 Å². The summed E-state index contributed by atoms with van der Waals surface area (Å²) in [7, 11) is 1.20. The highest BCUT2D eigenvalue weighted by Gasteiger charge is 1.99. The van der Waals surface area contributed by atoms with Gasteiger partial charge in [-0.2, -0.15) is 0 Å². The standard InChI is InChI=1S/C9H21NSi/c1-5-9(11)10-8(4)6-7(2)3/h7,9H,5-6H2,1-4,11H3/b10-8-. The third-order valence-electron chi connectivity index (χ3n) is 1.74. The molecule has 0 heterocycles. The predicted octanol–water partition coefficient (Wildman–Crippen LogP) is 1.59. The van der Waals surface area contributed by atoms with E-state index in [0.29, 0.717) is 5.67 Å². The Bertz CT molecular complexity index is 130. The number of aliphatic imine (C=N–C) groups is 1. The minimum absolute atomic E-state index is 0.647. The van der Waals surface area contributed by atoms with Crippen molar-refractivity contribution in [2.24, 2.45) is 10.9 Å². The molecule has 0 aromatic rings. The molecule has 1 unspecified atom stereocenters. The number of rotatable bonds is 4. The molecule has 1 nitrogen and oxygen atoms in total. The van der Waals surface area contributed by atoms with E-state index in [-0.39, 0.29) is 0 Å². The molecular formula is C9H21NSi. The van der Waals surface area contributed by atoms with Crippen molar-refractivity contribution in [2.75, 3.05) is 0 Å². The van der Waals surface area contributed by atoms with Crippen molar-refractivity contribution in [1.82, 2.24) is 0 Å². The van der Waals surface area contributed by atoms with Crippen molar-refractivity contribution < 1.29 is 0 Å². The molecule has 1 atom stereocenters. The molecule has 0 fully saturated rings. The first-order chi connectivity index (χ1) is 5.06. The van der Waals surface area contributed by atoms with Crippen molar-refractivity contribution in [3.05, 3.63) is 0 Å². The van der Waals surface area contributed by atoms with Crippen LogP contribution >= 0.6 is 0 Å². The normalized spacial score (nSPS) is 15.9. The van der Waals surface area contributed by atoms with Crippen LogP contribution in [0.15, 0.2) is 4.99 Å². The van der Waals surface area contributed by atoms with Gasteiger partial charge in [0.2, 0.25) is 0 Å². The second kappa shape index (κ2) is 5.53. The predicted molar refractivity (Wildman–Crippen MR) is 56.6 cm³/mol. The summed E-state index contributed by atoms with van der Waals surface area (Å²) in [6.07, 6.45) is 2.38. The lowest BCUT2D eigenvalue weighted by Crippen LogP contribution is -2.07. The number of nitrogens with zero attached hydrogens (tertiary/aromatic N) is 1. The van der Waals surface area contributed by atoms with Crippen molar-refractivity contribution >= 4 is 16.0 Å². The average Bonchev–Trinajstić information content (AvgIpc) is 1.85. The molecule has 0 N–H and O–H groups in total. The zero-order valence-corrected chi connectivity index (χ0v) is 10.5. The first-order valence-electron chi connectivity index (χ1n) is 4.59. The molecule has 0 rings (SSSR count). The molecular weight excluding hydrogens is 150 g/mol. The molecule has 11 heavy (non-hydrogen) atoms. The van der Waals surface area contributed by atoms with Crippen LogP contribution in [0.3, 0.4) is 0 Å². The summed E-state index contributed by atoms with van der Waals surface area (Å²) in [5.74, 6) is 0.754. The number of hydrogen-bond donors (Lipinski definition) is 0. The summed E-state index contributed by atoms with van der Waals surface area (Å²) in [6, 6.07) is 0. The fourth-order valence-electron chi connectivity index (χ4n) is 1.11. The smallest absolute Gasteiger partial charge is 0.0338 e. The third-order valence-corrected chi connectivity index (χ3v) is 2.81. The molecule has 0 saturated carbocycles. The zero-order chi connectivity index (χ0) is 8.85. The van der Waals surface area contributed by atoms with Crippen LogP contribution in [0.4, 0.5) is 0 Å². The molecule has 0 bridgehead atoms. The Balaban J connectivity index is 3.79. The Kier molecular flexibility index (Phi) is 5.47. The van der Waals surface area contributed by atoms with E-state index in [4.69, 9.17) is 0 Å². The monoisotopic (exact) mass is 171 g/mol. The topological polar surface area (TPSA) is 12.4 Å². The third kappa shape index (κ3) is 6.29. The van der Waals surface area contributed by atoms with Gasteiger partial charge in [0.05, 0.1) is 0 Å². The van der Waals surface area contributed by atoms with Gasteiger partial charge in [-0.05, 0) is 25.7 Å². The Morgan fingerprint density at radius 3 is 2.36 bits per heavy atom. The van der Waals surface area contributed by atoms with E-state index in [9.17, 15) is 0 Å². The van der Waals surface area contributed by atoms with Crippen molar-refractivity contribution in [3.63, 3.8) is 0 Å². The van der Waals surface area contributed by atoms with E-state index < -0.39 is 0 Å². The molecule has 2 heteroatoms. The van der Waals surface area contributed by atoms with Crippen LogP contribution < -0.4 is 0 Å². The van der Waals surface area contributed by atoms with Gasteiger partial charge >= 0.3 is 0 Å². The van der Waals surface area contributed by atoms with E-state index in [1.165, 1.54) is 28.8 Å². The van der Waals surface area contributed by atoms with Gasteiger partial charge in [-0.1, -0.05) is 20.8 Å². The lowest BCUT2D eigenvalue weighted by molar-refractivity contribution is 0.678. The van der Waals surface area contributed by atoms with Crippen molar-refractivity contribution in [3.8, 4) is 0 Å². The van der Waals surface area contributed by atoms with Gasteiger partial charge in [-0.25, -0.2) is 0 Å². The van der Waals surface area contributed by atoms with Crippen LogP contribution in [0.5, 0.6) is 0 Å². The van der Waals surface area contributed by atoms with Gasteiger partial charge in [0.15, 0.2) is 0 Å². The maximum absolute atomic E-state index is 4.61. The Morgan fingerprint density at radius 2 is 2.00 bits per heavy atom. The molecule has 0 radical (unpaired) electrons. The van der Waals surface area contributed by atoms with Crippen LogP contribution in [0.1, 0.15) is 40.5 Å². The summed E-state index contributed by atoms with van der Waals surface area (Å²) in [5.41, 5.74) is 1.98. The quantitative estimate of drug-likeness (QED) is 0.450. The SMILES string of the molecule is CCC([SiH3])/N=C(/C)CC(C)C. The summed E-state index contributed by atoms with van der Waals surface area (Å²) in [5, 5.41) is 0. The zero-order valence-electron chi connectivity index (χ0n) is 8.52. The van der Waals surface area contributed by atoms with Crippen LogP contribution in [-0.4, -0.2) is 21.6 Å². The highest BCUT2D eigenvalue weighted by atomic mass is 28.1. The molecule has 0 aliphatic heterocycles. The molecule has 0 aliphatic carbocycles. The first-order valence-corrected chi connectivity index (χ1v) is 5.75. The summed E-state index contributed by atoms with van der Waals surface area (Å²) in [4.78, 5) is 4.61. The minimum atomic E-state index is 0.647. The van der Waals surface area contributed by atoms with Gasteiger partial charge in [0.25, 0.3) is 0 Å². The number of hydrogen-bond acceptors (Lipinski definition) is 1. The summed E-state index contributed by atoms with van der Waals surface area (Å²) < 4.78 is 0. The highest BCUT2D eigenvalue weighted by molar-refractivity contribution is 6.12. The summed E-state index contributed by atoms with van der Waals surface area (Å²) >= 11 is 0. The molecule has 0 aliphatic rings. The first kappa shape index (κ1) is 10.9. The lowest BCUT2D eigenvalue weighted by Gasteiger charge is -2.07. The van der Waals surface area contributed by atoms with Gasteiger partial charge in [0.1, 0.15) is 0 Å². The largest absolute Gasteiger partial charge is 0.296 e. The maximum atomic E-state index is 4.61. The Hall–Kier alpha value is -0.113. The fourth-order valence-corrected chi connectivity index (χ4v) is 1.55. The molecule has 66 valence electrons. The van der Waals surface area contributed by atoms with Gasteiger partial charge < -0.3 is 0 Å². The fraction of sp³-hybridized carbons (Fsp3) is 0.889. The highest BCUT2D eigenvalue weighted by Crippen LogP contribution is 2.03. The average molecular weight is 171 g/mol. The van der Waals surface area contributed by atoms with Crippen LogP contribution in [0, 0.1) is 5.92 Å². The Morgan fingerprint density at radius 1 is 1.45 bits per heavy atom. The molecule has 0 saturated heterocycles. The maximum Gasteiger partial charge on any atom is 0.0338 e. The lowest BCUT2D eigenvalue weighted by atomic mass is 10.1. The van der Waals surface area contributed by atoms with E-state index >= 15 is 0 Å². The van der Waals surface area contributed by atoms with E-state index in [1.807, 2.05) is 0 Å². The van der Waals surface area contributed by atoms with Gasteiger partial charge in [0, 0.05) is 21.6 Å². The van der Waals surface area contributed by atoms with Crippen LogP contribution in [0.2, 0.25) is 0 Å². The second-order valence-electron chi connectivity index (χ2n) is 3.72. The van der Waals surface area contributed by atoms with Crippen LogP contribution in [-0.2, 0) is 0 Å². The molecule has 0 spiro atoms. The van der Waals surface area contributed by atoms with Gasteiger partial charge in [-0.15, -0.1) is 0 Å². The van der Waals surface area contributed by atoms with E-state index in [2.05, 4.69) is 32.7 Å². The van der Waals surface area contributed by atoms with Crippen LogP contribution in [0.25, 0.3) is 0 Å². The molecule has 0 amide bonds. The van der Waals surface area contributed by atoms with Gasteiger partial charge in [-0.3, -0.25) is 4.99 Å². The Labute approximate surface area is 73.7 Å². The summed E-state index contributed by atoms with van der Waals surface area (Å²) in [6.45, 7) is 8.85. The molecule has 0 aromatic carbocycles. The minimum Gasteiger partial charge on any atom is -0.296 e. The molecule has 0 aromatic heterocycles.